The molecule has 0 radical (unpaired) electrons. The van der Waals surface area contributed by atoms with Gasteiger partial charge in [-0.25, -0.2) is 9.67 Å². The summed E-state index contributed by atoms with van der Waals surface area (Å²) < 4.78 is 6.49. The summed E-state index contributed by atoms with van der Waals surface area (Å²) in [6.07, 6.45) is 7.90. The number of nitrogens with one attached hydrogen (secondary N) is 1. The smallest absolute Gasteiger partial charge is 0.258 e. The number of nitrogens with zero attached hydrogens (tertiary/aromatic N) is 3. The van der Waals surface area contributed by atoms with Crippen molar-refractivity contribution in [2.24, 2.45) is 0 Å². The molecule has 0 aliphatic rings. The van der Waals surface area contributed by atoms with Gasteiger partial charge in [0.25, 0.3) is 5.91 Å². The Balaban J connectivity index is 1.75. The number of hydrogen-bond donors (Lipinski definition) is 1. The van der Waals surface area contributed by atoms with E-state index in [9.17, 15) is 4.79 Å². The van der Waals surface area contributed by atoms with Gasteiger partial charge in [-0.2, -0.15) is 5.10 Å². The molecule has 0 aliphatic heterocycles. The van der Waals surface area contributed by atoms with Crippen LogP contribution in [0.5, 0.6) is 0 Å². The fourth-order valence-corrected chi connectivity index (χ4v) is 1.60. The third-order valence-electron chi connectivity index (χ3n) is 2.53. The highest BCUT2D eigenvalue weighted by molar-refractivity contribution is 6.03. The van der Waals surface area contributed by atoms with Crippen LogP contribution in [0.3, 0.4) is 0 Å². The van der Waals surface area contributed by atoms with Gasteiger partial charge in [0, 0.05) is 12.4 Å². The minimum atomic E-state index is -0.234. The summed E-state index contributed by atoms with van der Waals surface area (Å²) in [6, 6.07) is 6.96. The van der Waals surface area contributed by atoms with Crippen molar-refractivity contribution < 1.29 is 9.21 Å². The van der Waals surface area contributed by atoms with E-state index in [0.29, 0.717) is 17.1 Å². The number of anilines is 1. The first-order valence-electron chi connectivity index (χ1n) is 5.62. The molecular weight excluding hydrogens is 244 g/mol. The Hall–Kier alpha value is -2.89. The van der Waals surface area contributed by atoms with Crippen LogP contribution in [0.2, 0.25) is 0 Å². The molecule has 19 heavy (non-hydrogen) atoms. The van der Waals surface area contributed by atoms with Gasteiger partial charge in [-0.05, 0) is 24.3 Å². The quantitative estimate of drug-likeness (QED) is 0.776. The Kier molecular flexibility index (Phi) is 2.82. The monoisotopic (exact) mass is 254 g/mol. The molecule has 3 aromatic heterocycles. The molecule has 3 rings (SSSR count). The molecule has 0 atom stereocenters. The molecule has 0 spiro atoms. The lowest BCUT2D eigenvalue weighted by Gasteiger charge is -2.04. The second kappa shape index (κ2) is 4.77. The van der Waals surface area contributed by atoms with E-state index < -0.39 is 0 Å². The van der Waals surface area contributed by atoms with E-state index in [2.05, 4.69) is 15.4 Å². The molecule has 3 heterocycles. The van der Waals surface area contributed by atoms with E-state index in [1.807, 2.05) is 6.07 Å². The maximum absolute atomic E-state index is 11.8. The third kappa shape index (κ3) is 2.37. The van der Waals surface area contributed by atoms with Crippen molar-refractivity contribution in [3.8, 4) is 5.82 Å². The second-order valence-electron chi connectivity index (χ2n) is 3.82. The second-order valence-corrected chi connectivity index (χ2v) is 3.82. The Labute approximate surface area is 108 Å². The van der Waals surface area contributed by atoms with Crippen LogP contribution in [0.1, 0.15) is 10.4 Å². The van der Waals surface area contributed by atoms with Crippen LogP contribution in [-0.2, 0) is 0 Å². The van der Waals surface area contributed by atoms with Crippen LogP contribution in [-0.4, -0.2) is 20.7 Å². The molecule has 0 bridgehead atoms. The Bertz CT molecular complexity index is 657. The minimum Gasteiger partial charge on any atom is -0.472 e. The number of aromatic nitrogens is 3. The molecule has 6 nitrogen and oxygen atoms in total. The molecule has 6 heteroatoms. The van der Waals surface area contributed by atoms with Crippen LogP contribution in [0.4, 0.5) is 5.69 Å². The summed E-state index contributed by atoms with van der Waals surface area (Å²) in [5, 5.41) is 6.80. The average molecular weight is 254 g/mol. The molecule has 0 aromatic carbocycles. The molecule has 3 aromatic rings. The summed E-state index contributed by atoms with van der Waals surface area (Å²) in [5.74, 6) is 0.452. The highest BCUT2D eigenvalue weighted by Crippen LogP contribution is 2.11. The standard InChI is InChI=1S/C13H10N4O2/c18-13(10-4-7-19-9-10)16-11-2-3-12(14-8-11)17-6-1-5-15-17/h1-9H,(H,16,18). The van der Waals surface area contributed by atoms with Gasteiger partial charge < -0.3 is 9.73 Å². The Morgan fingerprint density at radius 2 is 2.26 bits per heavy atom. The fourth-order valence-electron chi connectivity index (χ4n) is 1.60. The van der Waals surface area contributed by atoms with E-state index in [1.165, 1.54) is 12.5 Å². The van der Waals surface area contributed by atoms with Gasteiger partial charge in [0.05, 0.1) is 23.7 Å². The van der Waals surface area contributed by atoms with E-state index >= 15 is 0 Å². The van der Waals surface area contributed by atoms with Crippen LogP contribution < -0.4 is 5.32 Å². The maximum Gasteiger partial charge on any atom is 0.258 e. The fraction of sp³-hybridized carbons (Fsp3) is 0. The number of hydrogen-bond acceptors (Lipinski definition) is 4. The number of carbonyl (C=O) groups excluding carboxylic acids is 1. The highest BCUT2D eigenvalue weighted by atomic mass is 16.3. The summed E-state index contributed by atoms with van der Waals surface area (Å²) >= 11 is 0. The van der Waals surface area contributed by atoms with Gasteiger partial charge in [0.15, 0.2) is 5.82 Å². The highest BCUT2D eigenvalue weighted by Gasteiger charge is 2.07. The van der Waals surface area contributed by atoms with Gasteiger partial charge in [0.2, 0.25) is 0 Å². The molecule has 94 valence electrons. The molecule has 1 amide bonds. The van der Waals surface area contributed by atoms with Gasteiger partial charge in [-0.3, -0.25) is 4.79 Å². The first-order valence-corrected chi connectivity index (χ1v) is 5.62. The maximum atomic E-state index is 11.8. The van der Waals surface area contributed by atoms with Gasteiger partial charge in [-0.1, -0.05) is 0 Å². The predicted octanol–water partition coefficient (Wildman–Crippen LogP) is 2.11. The lowest BCUT2D eigenvalue weighted by Crippen LogP contribution is -2.11. The van der Waals surface area contributed by atoms with Gasteiger partial charge >= 0.3 is 0 Å². The number of furan rings is 1. The zero-order chi connectivity index (χ0) is 13.1. The lowest BCUT2D eigenvalue weighted by molar-refractivity contribution is 0.102. The number of amides is 1. The predicted molar refractivity (Wildman–Crippen MR) is 68.0 cm³/mol. The third-order valence-corrected chi connectivity index (χ3v) is 2.53. The number of carbonyl (C=O) groups is 1. The summed E-state index contributed by atoms with van der Waals surface area (Å²) in [7, 11) is 0. The number of pyridine rings is 1. The van der Waals surface area contributed by atoms with Crippen molar-refractivity contribution in [1.82, 2.24) is 14.8 Å². The first-order chi connectivity index (χ1) is 9.33. The Morgan fingerprint density at radius 3 is 2.89 bits per heavy atom. The average Bonchev–Trinajstić information content (AvgIpc) is 3.13. The molecular formula is C13H10N4O2. The number of rotatable bonds is 3. The summed E-state index contributed by atoms with van der Waals surface area (Å²) in [4.78, 5) is 16.0. The topological polar surface area (TPSA) is 73.0 Å². The molecule has 0 fully saturated rings. The van der Waals surface area contributed by atoms with Crippen molar-refractivity contribution >= 4 is 11.6 Å². The van der Waals surface area contributed by atoms with Crippen LogP contribution >= 0.6 is 0 Å². The Morgan fingerprint density at radius 1 is 1.32 bits per heavy atom. The van der Waals surface area contributed by atoms with Crippen LogP contribution in [0.15, 0.2) is 59.8 Å². The van der Waals surface area contributed by atoms with Crippen molar-refractivity contribution in [3.05, 3.63) is 60.9 Å². The summed E-state index contributed by atoms with van der Waals surface area (Å²) in [6.45, 7) is 0. The molecule has 0 aliphatic carbocycles. The van der Waals surface area contributed by atoms with E-state index in [4.69, 9.17) is 4.42 Å². The van der Waals surface area contributed by atoms with E-state index in [1.54, 1.807) is 41.5 Å². The largest absolute Gasteiger partial charge is 0.472 e. The molecule has 0 saturated carbocycles. The van der Waals surface area contributed by atoms with Crippen molar-refractivity contribution in [2.45, 2.75) is 0 Å². The van der Waals surface area contributed by atoms with Crippen molar-refractivity contribution in [1.29, 1.82) is 0 Å². The van der Waals surface area contributed by atoms with Crippen LogP contribution in [0, 0.1) is 0 Å². The summed E-state index contributed by atoms with van der Waals surface area (Å²) in [5.41, 5.74) is 1.08. The van der Waals surface area contributed by atoms with Crippen LogP contribution in [0.25, 0.3) is 5.82 Å². The minimum absolute atomic E-state index is 0.234. The SMILES string of the molecule is O=C(Nc1ccc(-n2cccn2)nc1)c1ccoc1. The molecule has 1 N–H and O–H groups in total. The first kappa shape index (κ1) is 11.2. The zero-order valence-corrected chi connectivity index (χ0v) is 9.85. The van der Waals surface area contributed by atoms with E-state index in [-0.39, 0.29) is 5.91 Å². The van der Waals surface area contributed by atoms with E-state index in [0.717, 1.165) is 0 Å². The lowest BCUT2D eigenvalue weighted by atomic mass is 10.3. The zero-order valence-electron chi connectivity index (χ0n) is 9.85. The van der Waals surface area contributed by atoms with Gasteiger partial charge in [0.1, 0.15) is 6.26 Å². The van der Waals surface area contributed by atoms with Crippen molar-refractivity contribution in [2.75, 3.05) is 5.32 Å². The van der Waals surface area contributed by atoms with Gasteiger partial charge in [-0.15, -0.1) is 0 Å². The van der Waals surface area contributed by atoms with Crippen molar-refractivity contribution in [3.63, 3.8) is 0 Å². The molecule has 0 saturated heterocycles. The normalized spacial score (nSPS) is 10.3. The molecule has 0 unspecified atom stereocenters.